The molecule has 0 radical (unpaired) electrons. The largest absolute Gasteiger partial charge is 0.413 e. The van der Waals surface area contributed by atoms with E-state index >= 15 is 0 Å². The molecule has 2 aromatic carbocycles. The maximum Gasteiger partial charge on any atom is 0.327 e. The number of oxazole rings is 1. The summed E-state index contributed by atoms with van der Waals surface area (Å²) in [6.07, 6.45) is 0.560. The van der Waals surface area contributed by atoms with Crippen LogP contribution in [0.4, 0.5) is 19.5 Å². The van der Waals surface area contributed by atoms with Crippen LogP contribution < -0.4 is 4.90 Å². The lowest BCUT2D eigenvalue weighted by molar-refractivity contribution is 0.194. The number of aromatic nitrogens is 1. The highest BCUT2D eigenvalue weighted by Gasteiger charge is 2.32. The standard InChI is InChI=1S/C22H17F2N3O2/c1-26-21-19(25-20(29-21)9-5-8-15-6-3-2-4-7-15)14-27(22(26)28)13-16-10-11-17(23)18(24)12-16/h2-4,6-7,10-12H,8,13-14H2,1H3. The lowest BCUT2D eigenvalue weighted by Crippen LogP contribution is -2.44. The first-order valence-corrected chi connectivity index (χ1v) is 9.00. The average Bonchev–Trinajstić information content (AvgIpc) is 3.12. The van der Waals surface area contributed by atoms with Crippen molar-refractivity contribution in [1.29, 1.82) is 0 Å². The van der Waals surface area contributed by atoms with Crippen LogP contribution in [-0.4, -0.2) is 23.0 Å². The Labute approximate surface area is 166 Å². The summed E-state index contributed by atoms with van der Waals surface area (Å²) in [5.41, 5.74) is 2.14. The number of benzene rings is 2. The van der Waals surface area contributed by atoms with Crippen molar-refractivity contribution in [3.63, 3.8) is 0 Å². The fourth-order valence-electron chi connectivity index (χ4n) is 3.11. The third-order valence-corrected chi connectivity index (χ3v) is 4.57. The van der Waals surface area contributed by atoms with Crippen LogP contribution in [0, 0.1) is 23.5 Å². The van der Waals surface area contributed by atoms with Crippen molar-refractivity contribution >= 4 is 11.9 Å². The van der Waals surface area contributed by atoms with Gasteiger partial charge in [0, 0.05) is 20.0 Å². The van der Waals surface area contributed by atoms with Crippen LogP contribution >= 0.6 is 0 Å². The Morgan fingerprint density at radius 2 is 1.90 bits per heavy atom. The van der Waals surface area contributed by atoms with Gasteiger partial charge < -0.3 is 9.32 Å². The smallest absolute Gasteiger partial charge is 0.327 e. The predicted octanol–water partition coefficient (Wildman–Crippen LogP) is 4.12. The van der Waals surface area contributed by atoms with Crippen molar-refractivity contribution in [1.82, 2.24) is 9.88 Å². The van der Waals surface area contributed by atoms with Gasteiger partial charge in [-0.3, -0.25) is 4.90 Å². The van der Waals surface area contributed by atoms with E-state index in [9.17, 15) is 13.6 Å². The van der Waals surface area contributed by atoms with E-state index in [1.807, 2.05) is 30.3 Å². The van der Waals surface area contributed by atoms with E-state index < -0.39 is 11.6 Å². The lowest BCUT2D eigenvalue weighted by atomic mass is 10.2. The molecule has 1 aromatic heterocycles. The normalized spacial score (nSPS) is 13.1. The Bertz CT molecular complexity index is 1120. The quantitative estimate of drug-likeness (QED) is 0.629. The molecule has 0 N–H and O–H groups in total. The number of fused-ring (bicyclic) bond motifs is 1. The molecule has 3 aromatic rings. The molecule has 2 heterocycles. The molecule has 7 heteroatoms. The molecular formula is C22H17F2N3O2. The minimum atomic E-state index is -0.946. The van der Waals surface area contributed by atoms with Gasteiger partial charge >= 0.3 is 6.03 Å². The van der Waals surface area contributed by atoms with Gasteiger partial charge in [0.2, 0.25) is 5.88 Å². The lowest BCUT2D eigenvalue weighted by Gasteiger charge is -2.31. The number of carbonyl (C=O) groups excluding carboxylic acids is 1. The Morgan fingerprint density at radius 3 is 2.66 bits per heavy atom. The molecule has 0 atom stereocenters. The molecule has 29 heavy (non-hydrogen) atoms. The van der Waals surface area contributed by atoms with Crippen molar-refractivity contribution in [2.45, 2.75) is 19.5 Å². The molecule has 1 aliphatic rings. The first kappa shape index (κ1) is 18.7. The Balaban J connectivity index is 1.51. The molecule has 0 saturated carbocycles. The zero-order valence-corrected chi connectivity index (χ0v) is 15.7. The SMILES string of the molecule is CN1C(=O)N(Cc2ccc(F)c(F)c2)Cc2nc(C#CCc3ccccc3)oc21. The van der Waals surface area contributed by atoms with Crippen LogP contribution in [0.2, 0.25) is 0 Å². The van der Waals surface area contributed by atoms with Crippen molar-refractivity contribution < 1.29 is 18.0 Å². The van der Waals surface area contributed by atoms with Crippen molar-refractivity contribution in [3.8, 4) is 11.8 Å². The molecule has 0 unspecified atom stereocenters. The highest BCUT2D eigenvalue weighted by molar-refractivity contribution is 5.92. The van der Waals surface area contributed by atoms with Gasteiger partial charge in [0.15, 0.2) is 11.6 Å². The number of anilines is 1. The Morgan fingerprint density at radius 1 is 1.10 bits per heavy atom. The summed E-state index contributed by atoms with van der Waals surface area (Å²) in [7, 11) is 1.57. The van der Waals surface area contributed by atoms with Crippen LogP contribution in [-0.2, 0) is 19.5 Å². The van der Waals surface area contributed by atoms with Gasteiger partial charge in [-0.2, -0.15) is 0 Å². The number of rotatable bonds is 3. The van der Waals surface area contributed by atoms with Crippen LogP contribution in [0.15, 0.2) is 52.9 Å². The molecule has 1 aliphatic heterocycles. The maximum absolute atomic E-state index is 13.5. The zero-order chi connectivity index (χ0) is 20.4. The molecule has 0 spiro atoms. The first-order valence-electron chi connectivity index (χ1n) is 9.00. The van der Waals surface area contributed by atoms with Crippen molar-refractivity contribution in [2.75, 3.05) is 11.9 Å². The zero-order valence-electron chi connectivity index (χ0n) is 15.7. The van der Waals surface area contributed by atoms with Gasteiger partial charge in [-0.1, -0.05) is 42.3 Å². The van der Waals surface area contributed by atoms with Gasteiger partial charge in [0.05, 0.1) is 6.54 Å². The summed E-state index contributed by atoms with van der Waals surface area (Å²) in [5, 5.41) is 0. The Hall–Kier alpha value is -3.66. The third kappa shape index (κ3) is 3.97. The average molecular weight is 393 g/mol. The van der Waals surface area contributed by atoms with Crippen LogP contribution in [0.25, 0.3) is 0 Å². The van der Waals surface area contributed by atoms with Gasteiger partial charge in [-0.25, -0.2) is 18.6 Å². The molecule has 0 aliphatic carbocycles. The molecule has 0 fully saturated rings. The summed E-state index contributed by atoms with van der Waals surface area (Å²) in [6.45, 7) is 0.322. The van der Waals surface area contributed by atoms with E-state index in [4.69, 9.17) is 4.42 Å². The maximum atomic E-state index is 13.5. The van der Waals surface area contributed by atoms with Gasteiger partial charge in [-0.05, 0) is 29.2 Å². The van der Waals surface area contributed by atoms with Gasteiger partial charge in [0.1, 0.15) is 5.69 Å². The molecular weight excluding hydrogens is 376 g/mol. The summed E-state index contributed by atoms with van der Waals surface area (Å²) in [6, 6.07) is 13.1. The molecule has 0 bridgehead atoms. The molecule has 2 amide bonds. The minimum Gasteiger partial charge on any atom is -0.413 e. The summed E-state index contributed by atoms with van der Waals surface area (Å²) in [4.78, 5) is 19.8. The second-order valence-electron chi connectivity index (χ2n) is 6.68. The number of amides is 2. The Kier molecular flexibility index (Phi) is 5.00. The number of urea groups is 1. The highest BCUT2D eigenvalue weighted by atomic mass is 19.2. The number of hydrogen-bond donors (Lipinski definition) is 0. The van der Waals surface area contributed by atoms with Crippen LogP contribution in [0.3, 0.4) is 0 Å². The number of hydrogen-bond acceptors (Lipinski definition) is 3. The predicted molar refractivity (Wildman–Crippen MR) is 103 cm³/mol. The molecule has 0 saturated heterocycles. The topological polar surface area (TPSA) is 49.6 Å². The second kappa shape index (κ2) is 7.76. The number of halogens is 2. The number of nitrogens with zero attached hydrogens (tertiary/aromatic N) is 3. The molecule has 5 nitrogen and oxygen atoms in total. The van der Waals surface area contributed by atoms with E-state index in [1.165, 1.54) is 15.9 Å². The molecule has 146 valence electrons. The summed E-state index contributed by atoms with van der Waals surface area (Å²) in [5.74, 6) is 4.62. The van der Waals surface area contributed by atoms with E-state index in [2.05, 4.69) is 16.8 Å². The second-order valence-corrected chi connectivity index (χ2v) is 6.68. The highest BCUT2D eigenvalue weighted by Crippen LogP contribution is 2.29. The third-order valence-electron chi connectivity index (χ3n) is 4.57. The fourth-order valence-corrected chi connectivity index (χ4v) is 3.11. The summed E-state index contributed by atoms with van der Waals surface area (Å²) >= 11 is 0. The van der Waals surface area contributed by atoms with Crippen LogP contribution in [0.1, 0.15) is 22.7 Å². The van der Waals surface area contributed by atoms with E-state index in [1.54, 1.807) is 7.05 Å². The van der Waals surface area contributed by atoms with E-state index in [0.29, 0.717) is 23.6 Å². The summed E-state index contributed by atoms with van der Waals surface area (Å²) < 4.78 is 32.2. The first-order chi connectivity index (χ1) is 14.0. The fraction of sp³-hybridized carbons (Fsp3) is 0.182. The minimum absolute atomic E-state index is 0.127. The van der Waals surface area contributed by atoms with Crippen molar-refractivity contribution in [2.24, 2.45) is 0 Å². The number of carbonyl (C=O) groups is 1. The van der Waals surface area contributed by atoms with Gasteiger partial charge in [0.25, 0.3) is 5.89 Å². The van der Waals surface area contributed by atoms with E-state index in [-0.39, 0.29) is 25.0 Å². The van der Waals surface area contributed by atoms with E-state index in [0.717, 1.165) is 17.7 Å². The van der Waals surface area contributed by atoms with Crippen molar-refractivity contribution in [3.05, 3.63) is 82.9 Å². The monoisotopic (exact) mass is 393 g/mol. The molecule has 4 rings (SSSR count). The van der Waals surface area contributed by atoms with Crippen LogP contribution in [0.5, 0.6) is 0 Å². The van der Waals surface area contributed by atoms with Gasteiger partial charge in [-0.15, -0.1) is 0 Å².